The molecule has 0 aliphatic carbocycles. The molecule has 0 aromatic heterocycles. The minimum Gasteiger partial charge on any atom is -0.366 e. The van der Waals surface area contributed by atoms with E-state index in [1.165, 1.54) is 0 Å². The van der Waals surface area contributed by atoms with E-state index in [0.29, 0.717) is 5.56 Å². The average molecular weight is 216 g/mol. The molecule has 0 heterocycles. The summed E-state index contributed by atoms with van der Waals surface area (Å²) in [6.07, 6.45) is 0. The highest BCUT2D eigenvalue weighted by molar-refractivity contribution is 6.61. The van der Waals surface area contributed by atoms with E-state index in [1.54, 1.807) is 24.3 Å². The first kappa shape index (κ1) is 10.1. The van der Waals surface area contributed by atoms with Gasteiger partial charge in [0.2, 0.25) is 0 Å². The highest BCUT2D eigenvalue weighted by Gasteiger charge is 2.11. The molecule has 68 valence electrons. The number of benzene rings is 1. The summed E-state index contributed by atoms with van der Waals surface area (Å²) in [6.45, 7) is 0. The minimum absolute atomic E-state index is 0.112. The number of carbonyl (C=O) groups excluding carboxylic acids is 1. The van der Waals surface area contributed by atoms with E-state index in [2.05, 4.69) is 0 Å². The first-order valence-corrected chi connectivity index (χ1v) is 4.29. The molecule has 0 aliphatic heterocycles. The summed E-state index contributed by atoms with van der Waals surface area (Å²) >= 11 is 11.0. The predicted molar refractivity (Wildman–Crippen MR) is 54.3 cm³/mol. The lowest BCUT2D eigenvalue weighted by atomic mass is 10.1. The molecular formula is C9H7Cl2NO. The summed E-state index contributed by atoms with van der Waals surface area (Å²) in [5.74, 6) is -0.633. The smallest absolute Gasteiger partial charge is 0.251 e. The molecule has 0 bridgehead atoms. The molecule has 0 unspecified atom stereocenters. The standard InChI is InChI=1S/C9H7Cl2NO/c10-8(11)7(9(12)13)6-4-2-1-3-5-6/h1-5H,(H2,12,13). The van der Waals surface area contributed by atoms with Crippen LogP contribution in [0.25, 0.3) is 5.57 Å². The number of nitrogens with two attached hydrogens (primary N) is 1. The van der Waals surface area contributed by atoms with E-state index in [4.69, 9.17) is 28.9 Å². The molecule has 2 nitrogen and oxygen atoms in total. The van der Waals surface area contributed by atoms with Crippen LogP contribution < -0.4 is 5.73 Å². The third-order valence-corrected chi connectivity index (χ3v) is 1.88. The summed E-state index contributed by atoms with van der Waals surface area (Å²) in [6, 6.07) is 8.80. The van der Waals surface area contributed by atoms with Crippen LogP contribution in [0, 0.1) is 0 Å². The molecule has 1 rings (SSSR count). The zero-order chi connectivity index (χ0) is 9.84. The van der Waals surface area contributed by atoms with Crippen molar-refractivity contribution >= 4 is 34.7 Å². The fourth-order valence-electron chi connectivity index (χ4n) is 0.949. The lowest BCUT2D eigenvalue weighted by molar-refractivity contribution is -0.112. The van der Waals surface area contributed by atoms with Crippen molar-refractivity contribution in [1.82, 2.24) is 0 Å². The van der Waals surface area contributed by atoms with E-state index in [-0.39, 0.29) is 10.1 Å². The number of hydrogen-bond donors (Lipinski definition) is 1. The predicted octanol–water partition coefficient (Wildman–Crippen LogP) is 2.32. The van der Waals surface area contributed by atoms with Gasteiger partial charge in [0, 0.05) is 0 Å². The van der Waals surface area contributed by atoms with Crippen LogP contribution in [0.4, 0.5) is 0 Å². The van der Waals surface area contributed by atoms with Crippen LogP contribution in [-0.2, 0) is 4.79 Å². The van der Waals surface area contributed by atoms with Gasteiger partial charge in [-0.1, -0.05) is 53.5 Å². The van der Waals surface area contributed by atoms with Crippen LogP contribution >= 0.6 is 23.2 Å². The summed E-state index contributed by atoms with van der Waals surface area (Å²) in [7, 11) is 0. The fourth-order valence-corrected chi connectivity index (χ4v) is 1.35. The Morgan fingerprint density at radius 2 is 1.69 bits per heavy atom. The maximum absolute atomic E-state index is 10.9. The van der Waals surface area contributed by atoms with Crippen molar-refractivity contribution in [2.75, 3.05) is 0 Å². The van der Waals surface area contributed by atoms with Crippen molar-refractivity contribution in [1.29, 1.82) is 0 Å². The van der Waals surface area contributed by atoms with E-state index >= 15 is 0 Å². The number of amides is 1. The highest BCUT2D eigenvalue weighted by Crippen LogP contribution is 2.23. The summed E-state index contributed by atoms with van der Waals surface area (Å²) < 4.78 is -0.112. The van der Waals surface area contributed by atoms with Gasteiger partial charge in [0.05, 0.1) is 5.57 Å². The second kappa shape index (κ2) is 4.30. The molecule has 13 heavy (non-hydrogen) atoms. The normalized spacial score (nSPS) is 9.38. The zero-order valence-electron chi connectivity index (χ0n) is 6.63. The lowest BCUT2D eigenvalue weighted by Crippen LogP contribution is -2.13. The third-order valence-electron chi connectivity index (χ3n) is 1.50. The largest absolute Gasteiger partial charge is 0.366 e. The monoisotopic (exact) mass is 215 g/mol. The molecule has 1 aromatic carbocycles. The topological polar surface area (TPSA) is 43.1 Å². The van der Waals surface area contributed by atoms with Crippen LogP contribution in [0.15, 0.2) is 34.8 Å². The van der Waals surface area contributed by atoms with Crippen molar-refractivity contribution in [3.8, 4) is 0 Å². The van der Waals surface area contributed by atoms with Gasteiger partial charge in [0.25, 0.3) is 5.91 Å². The van der Waals surface area contributed by atoms with Crippen LogP contribution in [0.3, 0.4) is 0 Å². The van der Waals surface area contributed by atoms with Gasteiger partial charge in [0.15, 0.2) is 0 Å². The van der Waals surface area contributed by atoms with Crippen molar-refractivity contribution in [3.05, 3.63) is 40.4 Å². The van der Waals surface area contributed by atoms with Crippen LogP contribution in [0.5, 0.6) is 0 Å². The minimum atomic E-state index is -0.633. The molecule has 0 radical (unpaired) electrons. The molecular weight excluding hydrogens is 209 g/mol. The molecule has 0 atom stereocenters. The van der Waals surface area contributed by atoms with Crippen LogP contribution in [0.2, 0.25) is 0 Å². The Morgan fingerprint density at radius 3 is 2.08 bits per heavy atom. The second-order valence-electron chi connectivity index (χ2n) is 2.37. The highest BCUT2D eigenvalue weighted by atomic mass is 35.5. The van der Waals surface area contributed by atoms with Crippen LogP contribution in [-0.4, -0.2) is 5.91 Å². The Balaban J connectivity index is 3.20. The quantitative estimate of drug-likeness (QED) is 0.757. The maximum Gasteiger partial charge on any atom is 0.251 e. The Labute approximate surface area is 85.9 Å². The molecule has 0 saturated carbocycles. The van der Waals surface area contributed by atoms with Crippen molar-refractivity contribution in [2.24, 2.45) is 5.73 Å². The van der Waals surface area contributed by atoms with E-state index < -0.39 is 5.91 Å². The number of rotatable bonds is 2. The van der Waals surface area contributed by atoms with Gasteiger partial charge in [-0.25, -0.2) is 0 Å². The first-order valence-electron chi connectivity index (χ1n) is 3.53. The molecule has 1 amide bonds. The molecule has 1 aromatic rings. The molecule has 0 fully saturated rings. The van der Waals surface area contributed by atoms with Gasteiger partial charge in [-0.3, -0.25) is 4.79 Å². The second-order valence-corrected chi connectivity index (χ2v) is 3.32. The van der Waals surface area contributed by atoms with E-state index in [9.17, 15) is 4.79 Å². The Morgan fingerprint density at radius 1 is 1.15 bits per heavy atom. The van der Waals surface area contributed by atoms with Gasteiger partial charge < -0.3 is 5.73 Å². The molecule has 0 saturated heterocycles. The molecule has 0 aliphatic rings. The van der Waals surface area contributed by atoms with Crippen LogP contribution in [0.1, 0.15) is 5.56 Å². The number of carbonyl (C=O) groups is 1. The van der Waals surface area contributed by atoms with Gasteiger partial charge in [-0.2, -0.15) is 0 Å². The van der Waals surface area contributed by atoms with Gasteiger partial charge in [0.1, 0.15) is 4.49 Å². The van der Waals surface area contributed by atoms with Gasteiger partial charge >= 0.3 is 0 Å². The first-order chi connectivity index (χ1) is 6.13. The zero-order valence-corrected chi connectivity index (χ0v) is 8.14. The van der Waals surface area contributed by atoms with Gasteiger partial charge in [-0.05, 0) is 5.56 Å². The Hall–Kier alpha value is -0.990. The molecule has 4 heteroatoms. The molecule has 0 spiro atoms. The number of primary amides is 1. The molecule has 2 N–H and O–H groups in total. The Kier molecular flexibility index (Phi) is 3.34. The van der Waals surface area contributed by atoms with Crippen molar-refractivity contribution < 1.29 is 4.79 Å². The van der Waals surface area contributed by atoms with E-state index in [0.717, 1.165) is 0 Å². The number of halogens is 2. The van der Waals surface area contributed by atoms with Gasteiger partial charge in [-0.15, -0.1) is 0 Å². The fraction of sp³-hybridized carbons (Fsp3) is 0. The maximum atomic E-state index is 10.9. The van der Waals surface area contributed by atoms with E-state index in [1.807, 2.05) is 6.07 Å². The average Bonchev–Trinajstić information content (AvgIpc) is 2.04. The summed E-state index contributed by atoms with van der Waals surface area (Å²) in [5.41, 5.74) is 5.87. The Bertz CT molecular complexity index is 342. The van der Waals surface area contributed by atoms with Crippen molar-refractivity contribution in [2.45, 2.75) is 0 Å². The van der Waals surface area contributed by atoms with Crippen molar-refractivity contribution in [3.63, 3.8) is 0 Å². The number of hydrogen-bond acceptors (Lipinski definition) is 1. The SMILES string of the molecule is NC(=O)C(=C(Cl)Cl)c1ccccc1. The summed E-state index contributed by atoms with van der Waals surface area (Å²) in [5, 5.41) is 0. The lowest BCUT2D eigenvalue weighted by Gasteiger charge is -2.02. The third kappa shape index (κ3) is 2.47. The summed E-state index contributed by atoms with van der Waals surface area (Å²) in [4.78, 5) is 10.9.